The number of fused-ring (bicyclic) bond motifs is 3. The number of aryl methyl sites for hydroxylation is 2. The van der Waals surface area contributed by atoms with Crippen molar-refractivity contribution in [3.8, 4) is 22.6 Å². The fraction of sp³-hybridized carbons (Fsp3) is 0.0909. The predicted molar refractivity (Wildman–Crippen MR) is 145 cm³/mol. The van der Waals surface area contributed by atoms with Crippen LogP contribution in [0, 0.1) is 13.8 Å². The van der Waals surface area contributed by atoms with E-state index in [1.54, 1.807) is 0 Å². The molecule has 0 radical (unpaired) electrons. The van der Waals surface area contributed by atoms with Gasteiger partial charge >= 0.3 is 11.9 Å². The van der Waals surface area contributed by atoms with Gasteiger partial charge in [-0.05, 0) is 47.2 Å². The Bertz CT molecular complexity index is 1460. The standard InChI is InChI=1S/C33H26O4/c1-5-29(34)36-31-21(3)13-11-19-27(31)33(28-20-12-14-22(4)32(28)37-30(35)6-2)25-17-9-7-15-23(25)24-16-8-10-18-26(24)33/h5-20H,1-2H2,3-4H3. The molecule has 0 aromatic heterocycles. The summed E-state index contributed by atoms with van der Waals surface area (Å²) in [5, 5.41) is 0. The van der Waals surface area contributed by atoms with Gasteiger partial charge in [-0.2, -0.15) is 0 Å². The Morgan fingerprint density at radius 2 is 0.973 bits per heavy atom. The Balaban J connectivity index is 1.99. The Morgan fingerprint density at radius 3 is 1.38 bits per heavy atom. The number of hydrogen-bond donors (Lipinski definition) is 0. The summed E-state index contributed by atoms with van der Waals surface area (Å²) in [5.41, 5.74) is 6.30. The van der Waals surface area contributed by atoms with Crippen LogP contribution in [0.4, 0.5) is 0 Å². The molecule has 0 N–H and O–H groups in total. The molecule has 0 aliphatic heterocycles. The minimum absolute atomic E-state index is 0.446. The highest BCUT2D eigenvalue weighted by Gasteiger charge is 2.49. The van der Waals surface area contributed by atoms with Gasteiger partial charge in [0, 0.05) is 23.3 Å². The maximum Gasteiger partial charge on any atom is 0.335 e. The maximum atomic E-state index is 12.5. The fourth-order valence-corrected chi connectivity index (χ4v) is 5.41. The van der Waals surface area contributed by atoms with E-state index in [-0.39, 0.29) is 0 Å². The second kappa shape index (κ2) is 9.40. The number of ether oxygens (including phenoxy) is 2. The van der Waals surface area contributed by atoms with Gasteiger partial charge in [0.05, 0.1) is 5.41 Å². The van der Waals surface area contributed by atoms with Crippen LogP contribution in [0.5, 0.6) is 11.5 Å². The molecular weight excluding hydrogens is 460 g/mol. The highest BCUT2D eigenvalue weighted by atomic mass is 16.5. The number of esters is 2. The minimum Gasteiger partial charge on any atom is -0.423 e. The van der Waals surface area contributed by atoms with Gasteiger partial charge in [0.15, 0.2) is 0 Å². The first kappa shape index (κ1) is 24.0. The molecule has 4 heteroatoms. The smallest absolute Gasteiger partial charge is 0.335 e. The van der Waals surface area contributed by atoms with Crippen molar-refractivity contribution in [1.82, 2.24) is 0 Å². The average Bonchev–Trinajstić information content (AvgIpc) is 3.22. The van der Waals surface area contributed by atoms with Crippen LogP contribution in [0.1, 0.15) is 33.4 Å². The third kappa shape index (κ3) is 3.69. The zero-order valence-electron chi connectivity index (χ0n) is 20.8. The van der Waals surface area contributed by atoms with E-state index in [4.69, 9.17) is 9.47 Å². The van der Waals surface area contributed by atoms with Crippen molar-refractivity contribution in [2.45, 2.75) is 19.3 Å². The number of hydrogen-bond acceptors (Lipinski definition) is 4. The summed E-state index contributed by atoms with van der Waals surface area (Å²) in [6, 6.07) is 28.0. The second-order valence-corrected chi connectivity index (χ2v) is 8.99. The monoisotopic (exact) mass is 486 g/mol. The third-order valence-corrected chi connectivity index (χ3v) is 6.92. The first-order valence-electron chi connectivity index (χ1n) is 12.0. The summed E-state index contributed by atoms with van der Waals surface area (Å²) in [4.78, 5) is 25.0. The largest absolute Gasteiger partial charge is 0.423 e. The van der Waals surface area contributed by atoms with E-state index in [0.29, 0.717) is 11.5 Å². The quantitative estimate of drug-likeness (QED) is 0.150. The van der Waals surface area contributed by atoms with Crippen LogP contribution >= 0.6 is 0 Å². The Labute approximate surface area is 216 Å². The molecule has 4 nitrogen and oxygen atoms in total. The molecule has 0 heterocycles. The molecule has 5 rings (SSSR count). The molecule has 4 aromatic carbocycles. The molecule has 37 heavy (non-hydrogen) atoms. The average molecular weight is 487 g/mol. The molecule has 1 aliphatic carbocycles. The van der Waals surface area contributed by atoms with Gasteiger partial charge in [0.1, 0.15) is 11.5 Å². The summed E-state index contributed by atoms with van der Waals surface area (Å²) in [5.74, 6) is -0.205. The lowest BCUT2D eigenvalue weighted by atomic mass is 9.66. The van der Waals surface area contributed by atoms with Crippen LogP contribution in [0.15, 0.2) is 110 Å². The van der Waals surface area contributed by atoms with E-state index in [1.807, 2.05) is 74.5 Å². The highest BCUT2D eigenvalue weighted by Crippen LogP contribution is 2.60. The van der Waals surface area contributed by atoms with Gasteiger partial charge in [0.25, 0.3) is 0 Å². The second-order valence-electron chi connectivity index (χ2n) is 8.99. The van der Waals surface area contributed by atoms with Gasteiger partial charge < -0.3 is 9.47 Å². The summed E-state index contributed by atoms with van der Waals surface area (Å²) >= 11 is 0. The van der Waals surface area contributed by atoms with Crippen LogP contribution in [0.3, 0.4) is 0 Å². The van der Waals surface area contributed by atoms with E-state index in [1.165, 1.54) is 0 Å². The Morgan fingerprint density at radius 1 is 0.595 bits per heavy atom. The van der Waals surface area contributed by atoms with E-state index >= 15 is 0 Å². The Kier molecular flexibility index (Phi) is 6.10. The van der Waals surface area contributed by atoms with E-state index in [2.05, 4.69) is 37.4 Å². The van der Waals surface area contributed by atoms with Crippen molar-refractivity contribution in [3.05, 3.63) is 144 Å². The molecule has 182 valence electrons. The molecule has 1 aliphatic rings. The van der Waals surface area contributed by atoms with Gasteiger partial charge in [-0.3, -0.25) is 0 Å². The SMILES string of the molecule is C=CC(=O)Oc1c(C)cccc1C1(c2cccc(C)c2OC(=O)C=C)c2ccccc2-c2ccccc21. The first-order valence-corrected chi connectivity index (χ1v) is 12.0. The number of carbonyl (C=O) groups is 2. The lowest BCUT2D eigenvalue weighted by Crippen LogP contribution is -2.31. The van der Waals surface area contributed by atoms with Crippen molar-refractivity contribution in [2.24, 2.45) is 0 Å². The molecule has 0 amide bonds. The van der Waals surface area contributed by atoms with Crippen molar-refractivity contribution in [1.29, 1.82) is 0 Å². The number of carbonyl (C=O) groups excluding carboxylic acids is 2. The van der Waals surface area contributed by atoms with Crippen LogP contribution in [0.2, 0.25) is 0 Å². The molecule has 0 spiro atoms. The molecule has 0 unspecified atom stereocenters. The van der Waals surface area contributed by atoms with Crippen LogP contribution in [-0.4, -0.2) is 11.9 Å². The maximum absolute atomic E-state index is 12.5. The Hall–Kier alpha value is -4.70. The molecule has 0 atom stereocenters. The zero-order valence-corrected chi connectivity index (χ0v) is 20.8. The predicted octanol–water partition coefficient (Wildman–Crippen LogP) is 6.85. The highest BCUT2D eigenvalue weighted by molar-refractivity contribution is 5.90. The van der Waals surface area contributed by atoms with Crippen LogP contribution in [-0.2, 0) is 15.0 Å². The van der Waals surface area contributed by atoms with Gasteiger partial charge in [-0.1, -0.05) is 98.1 Å². The normalized spacial score (nSPS) is 12.7. The molecule has 4 aromatic rings. The lowest BCUT2D eigenvalue weighted by Gasteiger charge is -2.36. The lowest BCUT2D eigenvalue weighted by molar-refractivity contribution is -0.129. The summed E-state index contributed by atoms with van der Waals surface area (Å²) in [6.45, 7) is 11.0. The summed E-state index contributed by atoms with van der Waals surface area (Å²) in [6.07, 6.45) is 2.31. The van der Waals surface area contributed by atoms with Crippen LogP contribution in [0.25, 0.3) is 11.1 Å². The van der Waals surface area contributed by atoms with E-state index < -0.39 is 17.4 Å². The van der Waals surface area contributed by atoms with Gasteiger partial charge in [0.2, 0.25) is 0 Å². The van der Waals surface area contributed by atoms with Crippen molar-refractivity contribution < 1.29 is 19.1 Å². The fourth-order valence-electron chi connectivity index (χ4n) is 5.41. The molecule has 0 saturated carbocycles. The van der Waals surface area contributed by atoms with Gasteiger partial charge in [-0.15, -0.1) is 0 Å². The van der Waals surface area contributed by atoms with Crippen molar-refractivity contribution in [2.75, 3.05) is 0 Å². The zero-order chi connectivity index (χ0) is 26.2. The summed E-state index contributed by atoms with van der Waals surface area (Å²) in [7, 11) is 0. The molecule has 0 fully saturated rings. The number of rotatable bonds is 6. The topological polar surface area (TPSA) is 52.6 Å². The molecular formula is C33H26O4. The minimum atomic E-state index is -0.946. The molecule has 0 bridgehead atoms. The molecule has 0 saturated heterocycles. The van der Waals surface area contributed by atoms with Crippen molar-refractivity contribution >= 4 is 11.9 Å². The first-order chi connectivity index (χ1) is 17.9. The number of benzene rings is 4. The van der Waals surface area contributed by atoms with E-state index in [9.17, 15) is 9.59 Å². The van der Waals surface area contributed by atoms with Gasteiger partial charge in [-0.25, -0.2) is 9.59 Å². The third-order valence-electron chi connectivity index (χ3n) is 6.92. The number of para-hydroxylation sites is 2. The van der Waals surface area contributed by atoms with Crippen molar-refractivity contribution in [3.63, 3.8) is 0 Å². The van der Waals surface area contributed by atoms with Crippen LogP contribution < -0.4 is 9.47 Å². The summed E-state index contributed by atoms with van der Waals surface area (Å²) < 4.78 is 11.8. The van der Waals surface area contributed by atoms with E-state index in [0.717, 1.165) is 56.7 Å².